The molecule has 2 aliphatic carbocycles. The second-order valence-corrected chi connectivity index (χ2v) is 11.5. The SMILES string of the molecule is CC1CCC(Cn2c(C3(F)CCCCC3C)nc3nc(-c4n[nH]c(=O)o4)nc(-c4cncc(Cl)c4)c32)CC1. The summed E-state index contributed by atoms with van der Waals surface area (Å²) < 4.78 is 24.2. The van der Waals surface area contributed by atoms with Crippen molar-refractivity contribution in [2.75, 3.05) is 0 Å². The zero-order valence-corrected chi connectivity index (χ0v) is 22.3. The molecule has 0 aromatic carbocycles. The lowest BCUT2D eigenvalue weighted by Crippen LogP contribution is -2.36. The fraction of sp³-hybridized carbons (Fsp3) is 0.556. The van der Waals surface area contributed by atoms with Gasteiger partial charge in [-0.3, -0.25) is 4.98 Å². The highest BCUT2D eigenvalue weighted by molar-refractivity contribution is 6.30. The zero-order chi connectivity index (χ0) is 26.4. The van der Waals surface area contributed by atoms with Crippen molar-refractivity contribution in [3.05, 3.63) is 39.9 Å². The Hall–Kier alpha value is -3.14. The lowest BCUT2D eigenvalue weighted by molar-refractivity contribution is 0.0312. The molecule has 4 aromatic heterocycles. The maximum Gasteiger partial charge on any atom is 0.434 e. The summed E-state index contributed by atoms with van der Waals surface area (Å²) in [5.74, 6) is 0.643. The third-order valence-electron chi connectivity index (χ3n) is 8.37. The molecular formula is C27H31ClFN7O2. The predicted molar refractivity (Wildman–Crippen MR) is 141 cm³/mol. The number of aromatic amines is 1. The maximum absolute atomic E-state index is 17.0. The topological polar surface area (TPSA) is 115 Å². The molecule has 4 aromatic rings. The van der Waals surface area contributed by atoms with Crippen LogP contribution in [0.2, 0.25) is 5.02 Å². The first kappa shape index (κ1) is 25.2. The Morgan fingerprint density at radius 2 is 1.95 bits per heavy atom. The summed E-state index contributed by atoms with van der Waals surface area (Å²) >= 11 is 6.32. The average Bonchev–Trinajstić information content (AvgIpc) is 3.51. The van der Waals surface area contributed by atoms with Gasteiger partial charge in [-0.05, 0) is 55.9 Å². The molecule has 11 heteroatoms. The van der Waals surface area contributed by atoms with Crippen LogP contribution in [0.4, 0.5) is 4.39 Å². The Labute approximate surface area is 224 Å². The van der Waals surface area contributed by atoms with E-state index in [0.29, 0.717) is 58.1 Å². The third kappa shape index (κ3) is 4.52. The Balaban J connectivity index is 1.61. The number of H-pyrrole nitrogens is 1. The van der Waals surface area contributed by atoms with Crippen molar-refractivity contribution in [1.82, 2.24) is 34.7 Å². The minimum atomic E-state index is -1.58. The van der Waals surface area contributed by atoms with Gasteiger partial charge >= 0.3 is 5.76 Å². The van der Waals surface area contributed by atoms with Crippen LogP contribution in [0.1, 0.15) is 71.0 Å². The molecular weight excluding hydrogens is 509 g/mol. The fourth-order valence-electron chi connectivity index (χ4n) is 6.10. The molecule has 0 radical (unpaired) electrons. The van der Waals surface area contributed by atoms with E-state index in [0.717, 1.165) is 44.9 Å². The second-order valence-electron chi connectivity index (χ2n) is 11.1. The van der Waals surface area contributed by atoms with E-state index >= 15 is 4.39 Å². The summed E-state index contributed by atoms with van der Waals surface area (Å²) in [7, 11) is 0. The smallest absolute Gasteiger partial charge is 0.384 e. The molecule has 4 heterocycles. The van der Waals surface area contributed by atoms with Gasteiger partial charge in [0, 0.05) is 24.5 Å². The predicted octanol–water partition coefficient (Wildman–Crippen LogP) is 6.09. The van der Waals surface area contributed by atoms with Crippen molar-refractivity contribution in [2.24, 2.45) is 17.8 Å². The van der Waals surface area contributed by atoms with E-state index in [4.69, 9.17) is 26.0 Å². The van der Waals surface area contributed by atoms with Crippen LogP contribution in [0.15, 0.2) is 27.7 Å². The van der Waals surface area contributed by atoms with Crippen LogP contribution in [0, 0.1) is 17.8 Å². The normalized spacial score (nSPS) is 26.2. The zero-order valence-electron chi connectivity index (χ0n) is 21.6. The second kappa shape index (κ2) is 9.87. The quantitative estimate of drug-likeness (QED) is 0.326. The van der Waals surface area contributed by atoms with Gasteiger partial charge in [0.1, 0.15) is 17.0 Å². The van der Waals surface area contributed by atoms with Crippen molar-refractivity contribution in [3.63, 3.8) is 0 Å². The van der Waals surface area contributed by atoms with E-state index in [1.54, 1.807) is 18.5 Å². The number of nitrogens with zero attached hydrogens (tertiary/aromatic N) is 6. The molecule has 2 unspecified atom stereocenters. The summed E-state index contributed by atoms with van der Waals surface area (Å²) in [4.78, 5) is 30.2. The van der Waals surface area contributed by atoms with Gasteiger partial charge in [0.05, 0.1) is 5.02 Å². The summed E-state index contributed by atoms with van der Waals surface area (Å²) in [5.41, 5.74) is 0.534. The Morgan fingerprint density at radius 3 is 2.66 bits per heavy atom. The van der Waals surface area contributed by atoms with Crippen molar-refractivity contribution >= 4 is 22.8 Å². The lowest BCUT2D eigenvalue weighted by atomic mass is 9.77. The Bertz CT molecular complexity index is 1520. The number of hydrogen-bond acceptors (Lipinski definition) is 7. The molecule has 2 saturated carbocycles. The van der Waals surface area contributed by atoms with Gasteiger partial charge in [-0.25, -0.2) is 29.2 Å². The van der Waals surface area contributed by atoms with Crippen LogP contribution in [0.3, 0.4) is 0 Å². The van der Waals surface area contributed by atoms with Crippen molar-refractivity contribution in [1.29, 1.82) is 0 Å². The van der Waals surface area contributed by atoms with Crippen LogP contribution in [0.5, 0.6) is 0 Å². The van der Waals surface area contributed by atoms with Gasteiger partial charge in [0.2, 0.25) is 5.82 Å². The molecule has 0 saturated heterocycles. The van der Waals surface area contributed by atoms with E-state index in [1.807, 2.05) is 11.5 Å². The number of nitrogens with one attached hydrogen (secondary N) is 1. The van der Waals surface area contributed by atoms with Gasteiger partial charge in [0.15, 0.2) is 11.3 Å². The molecule has 200 valence electrons. The average molecular weight is 540 g/mol. The number of halogens is 2. The minimum Gasteiger partial charge on any atom is -0.384 e. The molecule has 0 amide bonds. The van der Waals surface area contributed by atoms with Gasteiger partial charge < -0.3 is 8.98 Å². The van der Waals surface area contributed by atoms with Gasteiger partial charge in [-0.1, -0.05) is 44.7 Å². The fourth-order valence-corrected chi connectivity index (χ4v) is 6.28. The highest BCUT2D eigenvalue weighted by atomic mass is 35.5. The largest absolute Gasteiger partial charge is 0.434 e. The highest BCUT2D eigenvalue weighted by Crippen LogP contribution is 2.46. The molecule has 2 aliphatic rings. The molecule has 2 atom stereocenters. The van der Waals surface area contributed by atoms with Crippen molar-refractivity contribution in [2.45, 2.75) is 77.4 Å². The van der Waals surface area contributed by atoms with Gasteiger partial charge in [0.25, 0.3) is 5.89 Å². The number of imidazole rings is 1. The molecule has 0 spiro atoms. The van der Waals surface area contributed by atoms with Crippen molar-refractivity contribution < 1.29 is 8.81 Å². The summed E-state index contributed by atoms with van der Waals surface area (Å²) in [6.45, 7) is 4.90. The van der Waals surface area contributed by atoms with Crippen LogP contribution >= 0.6 is 11.6 Å². The van der Waals surface area contributed by atoms with Crippen LogP contribution < -0.4 is 5.76 Å². The van der Waals surface area contributed by atoms with E-state index in [2.05, 4.69) is 27.1 Å². The first-order valence-corrected chi connectivity index (χ1v) is 13.8. The molecule has 1 N–H and O–H groups in total. The molecule has 6 rings (SSSR count). The van der Waals surface area contributed by atoms with E-state index in [9.17, 15) is 4.79 Å². The number of hydrogen-bond donors (Lipinski definition) is 1. The monoisotopic (exact) mass is 539 g/mol. The molecule has 38 heavy (non-hydrogen) atoms. The van der Waals surface area contributed by atoms with E-state index < -0.39 is 11.4 Å². The van der Waals surface area contributed by atoms with E-state index in [-0.39, 0.29) is 17.6 Å². The molecule has 2 fully saturated rings. The number of rotatable bonds is 5. The maximum atomic E-state index is 17.0. The highest BCUT2D eigenvalue weighted by Gasteiger charge is 2.45. The van der Waals surface area contributed by atoms with Crippen LogP contribution in [0.25, 0.3) is 34.1 Å². The summed E-state index contributed by atoms with van der Waals surface area (Å²) in [6, 6.07) is 1.76. The van der Waals surface area contributed by atoms with Crippen LogP contribution in [-0.2, 0) is 12.2 Å². The molecule has 0 aliphatic heterocycles. The Kier molecular flexibility index (Phi) is 6.53. The standard InChI is InChI=1S/C27H31ClFN7O2/c1-15-6-8-17(9-7-15)14-36-21-20(18-11-19(28)13-30-12-18)31-23(24-34-35-26(37)38-24)32-22(21)33-25(36)27(29)10-4-3-5-16(27)2/h11-13,15-17H,3-10,14H2,1-2H3,(H,35,37). The number of pyridine rings is 1. The Morgan fingerprint density at radius 1 is 1.13 bits per heavy atom. The summed E-state index contributed by atoms with van der Waals surface area (Å²) in [5, 5.41) is 6.60. The van der Waals surface area contributed by atoms with Gasteiger partial charge in [-0.2, -0.15) is 0 Å². The molecule has 0 bridgehead atoms. The van der Waals surface area contributed by atoms with Crippen molar-refractivity contribution in [3.8, 4) is 23.0 Å². The van der Waals surface area contributed by atoms with Crippen LogP contribution in [-0.4, -0.2) is 34.7 Å². The van der Waals surface area contributed by atoms with Gasteiger partial charge in [-0.15, -0.1) is 5.10 Å². The lowest BCUT2D eigenvalue weighted by Gasteiger charge is -2.36. The molecule has 9 nitrogen and oxygen atoms in total. The minimum absolute atomic E-state index is 0.0634. The first-order valence-electron chi connectivity index (χ1n) is 13.5. The number of aromatic nitrogens is 7. The number of fused-ring (bicyclic) bond motifs is 1. The first-order chi connectivity index (χ1) is 18.3. The van der Waals surface area contributed by atoms with E-state index in [1.165, 1.54) is 0 Å². The number of alkyl halides is 1. The third-order valence-corrected chi connectivity index (χ3v) is 8.57. The summed E-state index contributed by atoms with van der Waals surface area (Å²) in [6.07, 6.45) is 10.7.